The van der Waals surface area contributed by atoms with Crippen LogP contribution in [0.3, 0.4) is 0 Å². The monoisotopic (exact) mass is 213 g/mol. The number of hydrogen-bond donors (Lipinski definition) is 0. The van der Waals surface area contributed by atoms with Crippen LogP contribution < -0.4 is 4.74 Å². The lowest BCUT2D eigenvalue weighted by Crippen LogP contribution is -2.05. The summed E-state index contributed by atoms with van der Waals surface area (Å²) in [7, 11) is -3.18. The molecule has 1 aromatic heterocycles. The lowest BCUT2D eigenvalue weighted by atomic mass is 10.3. The fourth-order valence-electron chi connectivity index (χ4n) is 1.41. The lowest BCUT2D eigenvalue weighted by Gasteiger charge is -2.05. The van der Waals surface area contributed by atoms with E-state index in [1.54, 1.807) is 13.0 Å². The summed E-state index contributed by atoms with van der Waals surface area (Å²) in [6.07, 6.45) is 1.92. The van der Waals surface area contributed by atoms with Gasteiger partial charge in [0.1, 0.15) is 10.6 Å². The average Bonchev–Trinajstić information content (AvgIpc) is 2.25. The van der Waals surface area contributed by atoms with Crippen LogP contribution in [0.25, 0.3) is 0 Å². The minimum atomic E-state index is -3.18. The van der Waals surface area contributed by atoms with Crippen molar-refractivity contribution in [2.24, 2.45) is 0 Å². The van der Waals surface area contributed by atoms with E-state index in [0.29, 0.717) is 18.8 Å². The Hall–Kier alpha value is -1.10. The van der Waals surface area contributed by atoms with Gasteiger partial charge >= 0.3 is 0 Å². The van der Waals surface area contributed by atoms with Crippen molar-refractivity contribution >= 4 is 9.84 Å². The normalized spacial score (nSPS) is 19.2. The van der Waals surface area contributed by atoms with Crippen molar-refractivity contribution < 1.29 is 13.2 Å². The predicted molar refractivity (Wildman–Crippen MR) is 51.1 cm³/mol. The molecule has 0 atom stereocenters. The van der Waals surface area contributed by atoms with E-state index in [1.165, 1.54) is 6.20 Å². The molecule has 76 valence electrons. The van der Waals surface area contributed by atoms with Gasteiger partial charge in [-0.15, -0.1) is 0 Å². The van der Waals surface area contributed by atoms with Gasteiger partial charge in [-0.2, -0.15) is 0 Å². The number of hydrogen-bond acceptors (Lipinski definition) is 4. The molecule has 0 aromatic carbocycles. The van der Waals surface area contributed by atoms with Crippen molar-refractivity contribution in [3.05, 3.63) is 18.0 Å². The van der Waals surface area contributed by atoms with Gasteiger partial charge in [-0.1, -0.05) is 0 Å². The van der Waals surface area contributed by atoms with E-state index in [1.807, 2.05) is 0 Å². The van der Waals surface area contributed by atoms with Crippen molar-refractivity contribution in [1.29, 1.82) is 0 Å². The number of sulfone groups is 1. The summed E-state index contributed by atoms with van der Waals surface area (Å²) >= 11 is 0. The van der Waals surface area contributed by atoms with Crippen molar-refractivity contribution in [2.75, 3.05) is 12.4 Å². The summed E-state index contributed by atoms with van der Waals surface area (Å²) in [6, 6.07) is 1.66. The topological polar surface area (TPSA) is 56.3 Å². The largest absolute Gasteiger partial charge is 0.492 e. The van der Waals surface area contributed by atoms with E-state index in [4.69, 9.17) is 4.74 Å². The molecule has 1 aliphatic heterocycles. The van der Waals surface area contributed by atoms with Crippen LogP contribution in [0.2, 0.25) is 0 Å². The van der Waals surface area contributed by atoms with Crippen LogP contribution in [0.5, 0.6) is 5.75 Å². The molecule has 0 aliphatic carbocycles. The smallest absolute Gasteiger partial charge is 0.183 e. The van der Waals surface area contributed by atoms with Gasteiger partial charge in [-0.05, 0) is 13.3 Å². The molecule has 0 saturated heterocycles. The molecule has 0 fully saturated rings. The van der Waals surface area contributed by atoms with Crippen LogP contribution in [-0.2, 0) is 9.84 Å². The van der Waals surface area contributed by atoms with Gasteiger partial charge in [0.25, 0.3) is 0 Å². The minimum Gasteiger partial charge on any atom is -0.492 e. The van der Waals surface area contributed by atoms with Crippen molar-refractivity contribution in [3.8, 4) is 5.75 Å². The molecular weight excluding hydrogens is 202 g/mol. The molecule has 14 heavy (non-hydrogen) atoms. The Morgan fingerprint density at radius 1 is 1.50 bits per heavy atom. The highest BCUT2D eigenvalue weighted by molar-refractivity contribution is 7.91. The summed E-state index contributed by atoms with van der Waals surface area (Å²) in [6.45, 7) is 2.26. The number of aryl methyl sites for hydroxylation is 1. The van der Waals surface area contributed by atoms with Crippen LogP contribution >= 0.6 is 0 Å². The number of nitrogens with zero attached hydrogens (tertiary/aromatic N) is 1. The molecular formula is C9H11NO3S. The third-order valence-electron chi connectivity index (χ3n) is 2.12. The third-order valence-corrected chi connectivity index (χ3v) is 3.92. The Morgan fingerprint density at radius 3 is 3.07 bits per heavy atom. The van der Waals surface area contributed by atoms with Gasteiger partial charge in [-0.3, -0.25) is 4.98 Å². The maximum Gasteiger partial charge on any atom is 0.183 e. The molecule has 0 radical (unpaired) electrons. The van der Waals surface area contributed by atoms with Crippen molar-refractivity contribution in [1.82, 2.24) is 4.98 Å². The fraction of sp³-hybridized carbons (Fsp3) is 0.444. The third kappa shape index (κ3) is 1.59. The Kier molecular flexibility index (Phi) is 2.19. The molecule has 1 aliphatic rings. The first kappa shape index (κ1) is 9.45. The maximum absolute atomic E-state index is 11.7. The maximum atomic E-state index is 11.7. The van der Waals surface area contributed by atoms with Crippen molar-refractivity contribution in [3.63, 3.8) is 0 Å². The van der Waals surface area contributed by atoms with E-state index in [0.717, 1.165) is 5.69 Å². The first-order valence-electron chi connectivity index (χ1n) is 4.42. The standard InChI is InChI=1S/C9H11NO3S/c1-7-5-8-9(6-10-7)14(11,12)4-2-3-13-8/h5-6H,2-4H2,1H3. The second kappa shape index (κ2) is 3.24. The minimum absolute atomic E-state index is 0.144. The summed E-state index contributed by atoms with van der Waals surface area (Å²) in [5.74, 6) is 0.583. The predicted octanol–water partition coefficient (Wildman–Crippen LogP) is 0.946. The molecule has 0 N–H and O–H groups in total. The van der Waals surface area contributed by atoms with Crippen LogP contribution in [0.15, 0.2) is 17.2 Å². The molecule has 1 aromatic rings. The van der Waals surface area contributed by atoms with E-state index >= 15 is 0 Å². The highest BCUT2D eigenvalue weighted by Gasteiger charge is 2.23. The van der Waals surface area contributed by atoms with E-state index in [2.05, 4.69) is 4.98 Å². The molecule has 5 heteroatoms. The molecule has 2 heterocycles. The Bertz CT molecular complexity index is 453. The summed E-state index contributed by atoms with van der Waals surface area (Å²) in [4.78, 5) is 4.19. The molecule has 0 bridgehead atoms. The van der Waals surface area contributed by atoms with Crippen LogP contribution in [0.1, 0.15) is 12.1 Å². The van der Waals surface area contributed by atoms with Crippen molar-refractivity contribution in [2.45, 2.75) is 18.2 Å². The number of fused-ring (bicyclic) bond motifs is 1. The molecule has 0 spiro atoms. The number of pyridine rings is 1. The fourth-order valence-corrected chi connectivity index (χ4v) is 2.77. The summed E-state index contributed by atoms with van der Waals surface area (Å²) < 4.78 is 28.7. The second-order valence-corrected chi connectivity index (χ2v) is 5.37. The second-order valence-electron chi connectivity index (χ2n) is 3.29. The van der Waals surface area contributed by atoms with Gasteiger partial charge in [0.15, 0.2) is 9.84 Å². The highest BCUT2D eigenvalue weighted by Crippen LogP contribution is 2.27. The molecule has 0 saturated carbocycles. The Labute approximate surface area is 82.8 Å². The summed E-state index contributed by atoms with van der Waals surface area (Å²) in [5, 5.41) is 0. The van der Waals surface area contributed by atoms with Gasteiger partial charge < -0.3 is 4.74 Å². The first-order valence-corrected chi connectivity index (χ1v) is 6.07. The van der Waals surface area contributed by atoms with Crippen LogP contribution in [0, 0.1) is 6.92 Å². The lowest BCUT2D eigenvalue weighted by molar-refractivity contribution is 0.314. The summed E-state index contributed by atoms with van der Waals surface area (Å²) in [5.41, 5.74) is 0.765. The van der Waals surface area contributed by atoms with Crippen LogP contribution in [-0.4, -0.2) is 25.8 Å². The average molecular weight is 213 g/mol. The van der Waals surface area contributed by atoms with Gasteiger partial charge in [0, 0.05) is 18.0 Å². The van der Waals surface area contributed by atoms with Gasteiger partial charge in [-0.25, -0.2) is 8.42 Å². The van der Waals surface area contributed by atoms with E-state index < -0.39 is 9.84 Å². The van der Waals surface area contributed by atoms with E-state index in [-0.39, 0.29) is 10.6 Å². The SMILES string of the molecule is Cc1cc2c(cn1)S(=O)(=O)CCCO2. The first-order chi connectivity index (χ1) is 6.59. The quantitative estimate of drug-likeness (QED) is 0.643. The zero-order valence-corrected chi connectivity index (χ0v) is 8.67. The molecule has 0 amide bonds. The molecule has 0 unspecified atom stereocenters. The number of rotatable bonds is 0. The van der Waals surface area contributed by atoms with E-state index in [9.17, 15) is 8.42 Å². The zero-order chi connectivity index (χ0) is 10.2. The highest BCUT2D eigenvalue weighted by atomic mass is 32.2. The Morgan fingerprint density at radius 2 is 2.29 bits per heavy atom. The van der Waals surface area contributed by atoms with Gasteiger partial charge in [0.2, 0.25) is 0 Å². The molecule has 2 rings (SSSR count). The zero-order valence-electron chi connectivity index (χ0n) is 7.86. The Balaban J connectivity index is 2.62. The van der Waals surface area contributed by atoms with Crippen LogP contribution in [0.4, 0.5) is 0 Å². The number of ether oxygens (including phenoxy) is 1. The molecule has 4 nitrogen and oxygen atoms in total. The number of aromatic nitrogens is 1. The van der Waals surface area contributed by atoms with Gasteiger partial charge in [0.05, 0.1) is 12.4 Å².